The molecule has 0 N–H and O–H groups in total. The Balaban J connectivity index is 1.27. The van der Waals surface area contributed by atoms with Gasteiger partial charge >= 0.3 is 11.9 Å². The SMILES string of the molecule is Cc1cccc(C(=O)Oc2ccc(-c3cccc(-c4ccc(OC(=O)c5cccc(C)c5)cc4)n3)cc2)c1. The summed E-state index contributed by atoms with van der Waals surface area (Å²) in [6, 6.07) is 34.9. The van der Waals surface area contributed by atoms with Crippen molar-refractivity contribution in [2.75, 3.05) is 0 Å². The highest BCUT2D eigenvalue weighted by molar-refractivity contribution is 5.92. The van der Waals surface area contributed by atoms with E-state index in [0.29, 0.717) is 22.6 Å². The lowest BCUT2D eigenvalue weighted by molar-refractivity contribution is 0.0725. The van der Waals surface area contributed by atoms with E-state index in [1.54, 1.807) is 48.5 Å². The normalized spacial score (nSPS) is 10.6. The third-order valence-electron chi connectivity index (χ3n) is 5.98. The molecule has 0 saturated heterocycles. The Kier molecular flexibility index (Phi) is 7.09. The molecule has 1 heterocycles. The lowest BCUT2D eigenvalue weighted by Gasteiger charge is -2.09. The molecule has 0 bridgehead atoms. The minimum Gasteiger partial charge on any atom is -0.423 e. The Bertz CT molecular complexity index is 1490. The van der Waals surface area contributed by atoms with Crippen molar-refractivity contribution in [1.82, 2.24) is 4.98 Å². The van der Waals surface area contributed by atoms with Crippen LogP contribution in [0.3, 0.4) is 0 Å². The molecule has 38 heavy (non-hydrogen) atoms. The minimum absolute atomic E-state index is 0.394. The minimum atomic E-state index is -0.394. The molecular weight excluding hydrogens is 474 g/mol. The summed E-state index contributed by atoms with van der Waals surface area (Å²) < 4.78 is 11.0. The topological polar surface area (TPSA) is 65.5 Å². The van der Waals surface area contributed by atoms with Crippen molar-refractivity contribution in [3.8, 4) is 34.0 Å². The van der Waals surface area contributed by atoms with Gasteiger partial charge in [-0.25, -0.2) is 14.6 Å². The fourth-order valence-corrected chi connectivity index (χ4v) is 4.02. The highest BCUT2D eigenvalue weighted by Gasteiger charge is 2.11. The molecule has 0 fully saturated rings. The van der Waals surface area contributed by atoms with Crippen molar-refractivity contribution in [3.05, 3.63) is 138 Å². The number of rotatable bonds is 6. The average Bonchev–Trinajstić information content (AvgIpc) is 2.94. The van der Waals surface area contributed by atoms with Gasteiger partial charge in [-0.3, -0.25) is 0 Å². The fourth-order valence-electron chi connectivity index (χ4n) is 4.02. The zero-order valence-corrected chi connectivity index (χ0v) is 21.0. The van der Waals surface area contributed by atoms with Crippen molar-refractivity contribution < 1.29 is 19.1 Å². The van der Waals surface area contributed by atoms with E-state index < -0.39 is 11.9 Å². The molecule has 0 saturated carbocycles. The third-order valence-corrected chi connectivity index (χ3v) is 5.98. The van der Waals surface area contributed by atoms with Crippen LogP contribution in [0.25, 0.3) is 22.5 Å². The maximum Gasteiger partial charge on any atom is 0.343 e. The summed E-state index contributed by atoms with van der Waals surface area (Å²) in [5, 5.41) is 0. The zero-order valence-electron chi connectivity index (χ0n) is 21.0. The van der Waals surface area contributed by atoms with Crippen LogP contribution in [0.15, 0.2) is 115 Å². The summed E-state index contributed by atoms with van der Waals surface area (Å²) in [5.41, 5.74) is 6.39. The van der Waals surface area contributed by atoms with E-state index in [0.717, 1.165) is 33.6 Å². The molecule has 4 aromatic carbocycles. The number of hydrogen-bond donors (Lipinski definition) is 0. The van der Waals surface area contributed by atoms with Crippen LogP contribution in [-0.2, 0) is 0 Å². The molecule has 186 valence electrons. The van der Waals surface area contributed by atoms with E-state index in [4.69, 9.17) is 14.5 Å². The first kappa shape index (κ1) is 24.7. The van der Waals surface area contributed by atoms with Gasteiger partial charge in [0.15, 0.2) is 0 Å². The molecule has 0 aliphatic carbocycles. The maximum atomic E-state index is 12.4. The van der Waals surface area contributed by atoms with Gasteiger partial charge in [-0.2, -0.15) is 0 Å². The second kappa shape index (κ2) is 10.9. The molecule has 5 nitrogen and oxygen atoms in total. The summed E-state index contributed by atoms with van der Waals surface area (Å²) in [6.45, 7) is 3.87. The first-order valence-corrected chi connectivity index (χ1v) is 12.2. The summed E-state index contributed by atoms with van der Waals surface area (Å²) in [5.74, 6) is 0.142. The molecule has 1 aromatic heterocycles. The van der Waals surface area contributed by atoms with E-state index in [-0.39, 0.29) is 0 Å². The van der Waals surface area contributed by atoms with Gasteiger partial charge in [0.05, 0.1) is 22.5 Å². The standard InChI is InChI=1S/C33H25NO4/c1-22-6-3-8-26(20-22)32(35)37-28-16-12-24(13-17-28)30-10-5-11-31(34-30)25-14-18-29(19-15-25)38-33(36)27-9-4-7-23(2)21-27/h3-21H,1-2H3. The quantitative estimate of drug-likeness (QED) is 0.179. The number of carbonyl (C=O) groups excluding carboxylic acids is 2. The monoisotopic (exact) mass is 499 g/mol. The molecule has 0 radical (unpaired) electrons. The lowest BCUT2D eigenvalue weighted by atomic mass is 10.1. The molecule has 5 aromatic rings. The van der Waals surface area contributed by atoms with Crippen molar-refractivity contribution in [2.24, 2.45) is 0 Å². The van der Waals surface area contributed by atoms with Crippen LogP contribution in [-0.4, -0.2) is 16.9 Å². The van der Waals surface area contributed by atoms with Gasteiger partial charge in [0.25, 0.3) is 0 Å². The number of aryl methyl sites for hydroxylation is 2. The van der Waals surface area contributed by atoms with E-state index in [1.807, 2.05) is 80.6 Å². The van der Waals surface area contributed by atoms with Crippen molar-refractivity contribution in [2.45, 2.75) is 13.8 Å². The largest absolute Gasteiger partial charge is 0.423 e. The number of aromatic nitrogens is 1. The Hall–Kier alpha value is -5.03. The van der Waals surface area contributed by atoms with Crippen LogP contribution in [0.1, 0.15) is 31.8 Å². The molecule has 5 rings (SSSR count). The van der Waals surface area contributed by atoms with E-state index in [1.165, 1.54) is 0 Å². The van der Waals surface area contributed by atoms with Crippen molar-refractivity contribution >= 4 is 11.9 Å². The molecule has 0 aliphatic heterocycles. The first-order chi connectivity index (χ1) is 18.4. The number of pyridine rings is 1. The second-order valence-electron chi connectivity index (χ2n) is 8.97. The van der Waals surface area contributed by atoms with Gasteiger partial charge in [0, 0.05) is 11.1 Å². The van der Waals surface area contributed by atoms with Crippen LogP contribution in [0.2, 0.25) is 0 Å². The average molecular weight is 500 g/mol. The second-order valence-corrected chi connectivity index (χ2v) is 8.97. The molecule has 0 unspecified atom stereocenters. The number of esters is 2. The lowest BCUT2D eigenvalue weighted by Crippen LogP contribution is -2.08. The summed E-state index contributed by atoms with van der Waals surface area (Å²) >= 11 is 0. The number of carbonyl (C=O) groups is 2. The highest BCUT2D eigenvalue weighted by atomic mass is 16.5. The van der Waals surface area contributed by atoms with E-state index >= 15 is 0 Å². The van der Waals surface area contributed by atoms with E-state index in [2.05, 4.69) is 0 Å². The molecule has 0 aliphatic rings. The van der Waals surface area contributed by atoms with Crippen molar-refractivity contribution in [3.63, 3.8) is 0 Å². The summed E-state index contributed by atoms with van der Waals surface area (Å²) in [4.78, 5) is 29.7. The number of ether oxygens (including phenoxy) is 2. The number of nitrogens with zero attached hydrogens (tertiary/aromatic N) is 1. The van der Waals surface area contributed by atoms with Gasteiger partial charge in [-0.1, -0.05) is 41.5 Å². The third kappa shape index (κ3) is 5.85. The number of benzene rings is 4. The van der Waals surface area contributed by atoms with Crippen molar-refractivity contribution in [1.29, 1.82) is 0 Å². The van der Waals surface area contributed by atoms with Gasteiger partial charge in [0.1, 0.15) is 11.5 Å². The maximum absolute atomic E-state index is 12.4. The molecule has 0 amide bonds. The molecular formula is C33H25NO4. The molecule has 0 spiro atoms. The Morgan fingerprint density at radius 1 is 0.526 bits per heavy atom. The predicted molar refractivity (Wildman–Crippen MR) is 147 cm³/mol. The fraction of sp³-hybridized carbons (Fsp3) is 0.0606. The number of hydrogen-bond acceptors (Lipinski definition) is 5. The smallest absolute Gasteiger partial charge is 0.343 e. The highest BCUT2D eigenvalue weighted by Crippen LogP contribution is 2.26. The Morgan fingerprint density at radius 2 is 0.921 bits per heavy atom. The van der Waals surface area contributed by atoms with Crippen LogP contribution in [0.4, 0.5) is 0 Å². The van der Waals surface area contributed by atoms with Crippen LogP contribution in [0.5, 0.6) is 11.5 Å². The summed E-state index contributed by atoms with van der Waals surface area (Å²) in [7, 11) is 0. The summed E-state index contributed by atoms with van der Waals surface area (Å²) in [6.07, 6.45) is 0. The van der Waals surface area contributed by atoms with Gasteiger partial charge in [0.2, 0.25) is 0 Å². The Labute approximate surface area is 221 Å². The van der Waals surface area contributed by atoms with Gasteiger partial charge in [-0.05, 0) is 98.8 Å². The molecule has 5 heteroatoms. The molecule has 0 atom stereocenters. The Morgan fingerprint density at radius 3 is 1.32 bits per heavy atom. The zero-order chi connectivity index (χ0) is 26.5. The van der Waals surface area contributed by atoms with Gasteiger partial charge < -0.3 is 9.47 Å². The van der Waals surface area contributed by atoms with E-state index in [9.17, 15) is 9.59 Å². The first-order valence-electron chi connectivity index (χ1n) is 12.2. The van der Waals surface area contributed by atoms with Gasteiger partial charge in [-0.15, -0.1) is 0 Å². The van der Waals surface area contributed by atoms with Crippen LogP contribution >= 0.6 is 0 Å². The predicted octanol–water partition coefficient (Wildman–Crippen LogP) is 7.47. The van der Waals surface area contributed by atoms with Crippen LogP contribution < -0.4 is 9.47 Å². The van der Waals surface area contributed by atoms with Crippen LogP contribution in [0, 0.1) is 13.8 Å².